The highest BCUT2D eigenvalue weighted by Crippen LogP contribution is 2.43. The average molecular weight is 371 g/mol. The number of imidazole rings is 1. The Kier molecular flexibility index (Phi) is 3.98. The molecule has 142 valence electrons. The normalized spacial score (nSPS) is 22.4. The quantitative estimate of drug-likeness (QED) is 0.651. The topological polar surface area (TPSA) is 67.9 Å². The number of nitrogens with zero attached hydrogens (tertiary/aromatic N) is 2. The van der Waals surface area contributed by atoms with E-state index in [1.54, 1.807) is 0 Å². The molecule has 0 saturated carbocycles. The van der Waals surface area contributed by atoms with Gasteiger partial charge in [-0.3, -0.25) is 0 Å². The molecule has 1 unspecified atom stereocenters. The lowest BCUT2D eigenvalue weighted by Gasteiger charge is -2.38. The van der Waals surface area contributed by atoms with Crippen molar-refractivity contribution in [3.05, 3.63) is 83.4 Å². The fraction of sp³-hybridized carbons (Fsp3) is 0.261. The monoisotopic (exact) mass is 371 g/mol. The van der Waals surface area contributed by atoms with E-state index in [-0.39, 0.29) is 5.92 Å². The SMILES string of the molecule is Cn1cnc(CNc2ccc3c(c2)C=C[C@](N)(C2CCc4ccccc42)N3)c1. The van der Waals surface area contributed by atoms with E-state index >= 15 is 0 Å². The number of rotatable bonds is 4. The molecule has 2 atom stereocenters. The van der Waals surface area contributed by atoms with Crippen LogP contribution in [0.25, 0.3) is 6.08 Å². The van der Waals surface area contributed by atoms with Crippen LogP contribution in [0.2, 0.25) is 0 Å². The van der Waals surface area contributed by atoms with Gasteiger partial charge in [0.2, 0.25) is 0 Å². The van der Waals surface area contributed by atoms with E-state index < -0.39 is 5.66 Å². The predicted molar refractivity (Wildman–Crippen MR) is 114 cm³/mol. The molecule has 28 heavy (non-hydrogen) atoms. The van der Waals surface area contributed by atoms with Crippen LogP contribution < -0.4 is 16.4 Å². The number of benzene rings is 2. The molecule has 5 heteroatoms. The van der Waals surface area contributed by atoms with Gasteiger partial charge in [0.05, 0.1) is 18.6 Å². The van der Waals surface area contributed by atoms with Crippen molar-refractivity contribution in [2.24, 2.45) is 12.8 Å². The third-order valence-corrected chi connectivity index (χ3v) is 5.88. The second-order valence-corrected chi connectivity index (χ2v) is 7.87. The second-order valence-electron chi connectivity index (χ2n) is 7.87. The first kappa shape index (κ1) is 17.1. The summed E-state index contributed by atoms with van der Waals surface area (Å²) in [6.07, 6.45) is 10.3. The van der Waals surface area contributed by atoms with E-state index in [0.717, 1.165) is 35.5 Å². The lowest BCUT2D eigenvalue weighted by molar-refractivity contribution is 0.468. The molecule has 5 nitrogen and oxygen atoms in total. The number of aryl methyl sites for hydroxylation is 2. The predicted octanol–water partition coefficient (Wildman–Crippen LogP) is 3.86. The van der Waals surface area contributed by atoms with E-state index in [4.69, 9.17) is 5.73 Å². The highest BCUT2D eigenvalue weighted by molar-refractivity contribution is 5.76. The zero-order chi connectivity index (χ0) is 19.1. The minimum absolute atomic E-state index is 0.287. The second kappa shape index (κ2) is 6.53. The number of anilines is 2. The lowest BCUT2D eigenvalue weighted by Crippen LogP contribution is -2.51. The molecule has 1 aliphatic heterocycles. The number of hydrogen-bond acceptors (Lipinski definition) is 4. The third kappa shape index (κ3) is 2.98. The molecule has 0 saturated heterocycles. The van der Waals surface area contributed by atoms with Crippen molar-refractivity contribution < 1.29 is 0 Å². The zero-order valence-electron chi connectivity index (χ0n) is 16.0. The molecule has 5 rings (SSSR count). The molecule has 0 amide bonds. The number of nitrogens with two attached hydrogens (primary N) is 1. The first-order valence-electron chi connectivity index (χ1n) is 9.80. The maximum absolute atomic E-state index is 6.84. The smallest absolute Gasteiger partial charge is 0.112 e. The van der Waals surface area contributed by atoms with E-state index in [9.17, 15) is 0 Å². The summed E-state index contributed by atoms with van der Waals surface area (Å²) in [6, 6.07) is 15.0. The van der Waals surface area contributed by atoms with Crippen LogP contribution in [0.4, 0.5) is 11.4 Å². The first-order chi connectivity index (χ1) is 13.6. The van der Waals surface area contributed by atoms with E-state index in [1.165, 1.54) is 11.1 Å². The van der Waals surface area contributed by atoms with Crippen molar-refractivity contribution in [3.63, 3.8) is 0 Å². The van der Waals surface area contributed by atoms with Crippen LogP contribution in [-0.2, 0) is 20.0 Å². The third-order valence-electron chi connectivity index (χ3n) is 5.88. The van der Waals surface area contributed by atoms with Gasteiger partial charge in [-0.15, -0.1) is 0 Å². The maximum Gasteiger partial charge on any atom is 0.112 e. The molecule has 1 aromatic heterocycles. The summed E-state index contributed by atoms with van der Waals surface area (Å²) >= 11 is 0. The lowest BCUT2D eigenvalue weighted by atomic mass is 9.84. The molecule has 4 N–H and O–H groups in total. The van der Waals surface area contributed by atoms with Crippen LogP contribution in [-0.4, -0.2) is 15.2 Å². The Labute approximate surface area is 165 Å². The van der Waals surface area contributed by atoms with Gasteiger partial charge in [0.15, 0.2) is 0 Å². The molecular weight excluding hydrogens is 346 g/mol. The van der Waals surface area contributed by atoms with Gasteiger partial charge in [0.1, 0.15) is 5.66 Å². The molecule has 1 aliphatic carbocycles. The van der Waals surface area contributed by atoms with Crippen LogP contribution in [0.15, 0.2) is 61.1 Å². The highest BCUT2D eigenvalue weighted by Gasteiger charge is 2.39. The van der Waals surface area contributed by atoms with Crippen molar-refractivity contribution in [1.29, 1.82) is 0 Å². The van der Waals surface area contributed by atoms with Gasteiger partial charge < -0.3 is 20.9 Å². The Morgan fingerprint density at radius 2 is 2.18 bits per heavy atom. The zero-order valence-corrected chi connectivity index (χ0v) is 16.0. The Morgan fingerprint density at radius 1 is 1.29 bits per heavy atom. The Morgan fingerprint density at radius 3 is 3.04 bits per heavy atom. The summed E-state index contributed by atoms with van der Waals surface area (Å²) in [6.45, 7) is 0.705. The number of aromatic nitrogens is 2. The van der Waals surface area contributed by atoms with Gasteiger partial charge in [-0.1, -0.05) is 30.3 Å². The van der Waals surface area contributed by atoms with Crippen molar-refractivity contribution in [3.8, 4) is 0 Å². The first-order valence-corrected chi connectivity index (χ1v) is 9.80. The van der Waals surface area contributed by atoms with Gasteiger partial charge in [-0.25, -0.2) is 4.98 Å². The minimum atomic E-state index is -0.553. The minimum Gasteiger partial charge on any atom is -0.379 e. The van der Waals surface area contributed by atoms with Crippen LogP contribution in [0, 0.1) is 0 Å². The molecular formula is C23H25N5. The molecule has 2 aliphatic rings. The number of fused-ring (bicyclic) bond motifs is 2. The summed E-state index contributed by atoms with van der Waals surface area (Å²) in [5, 5.41) is 7.05. The average Bonchev–Trinajstić information content (AvgIpc) is 3.33. The van der Waals surface area contributed by atoms with E-state index in [2.05, 4.69) is 70.2 Å². The van der Waals surface area contributed by atoms with Gasteiger partial charge in [0, 0.05) is 30.5 Å². The summed E-state index contributed by atoms with van der Waals surface area (Å²) in [4.78, 5) is 4.36. The van der Waals surface area contributed by atoms with Crippen LogP contribution in [0.3, 0.4) is 0 Å². The van der Waals surface area contributed by atoms with Gasteiger partial charge in [0.25, 0.3) is 0 Å². The molecule has 0 bridgehead atoms. The number of hydrogen-bond donors (Lipinski definition) is 3. The Bertz CT molecular complexity index is 1050. The van der Waals surface area contributed by atoms with Gasteiger partial charge >= 0.3 is 0 Å². The fourth-order valence-electron chi connectivity index (χ4n) is 4.43. The largest absolute Gasteiger partial charge is 0.379 e. The summed E-state index contributed by atoms with van der Waals surface area (Å²) in [5.41, 5.74) is 13.4. The standard InChI is InChI=1S/C23H25N5/c1-28-14-19(26-15-28)13-25-18-7-9-22-17(12-18)10-11-23(24,27-22)21-8-6-16-4-2-3-5-20(16)21/h2-5,7,9-12,14-15,21,25,27H,6,8,13,24H2,1H3/t21?,23-/m1/s1. The van der Waals surface area contributed by atoms with Crippen LogP contribution in [0.1, 0.15) is 34.7 Å². The van der Waals surface area contributed by atoms with Gasteiger partial charge in [-0.05, 0) is 53.8 Å². The van der Waals surface area contributed by atoms with Crippen molar-refractivity contribution in [1.82, 2.24) is 9.55 Å². The molecule has 0 radical (unpaired) electrons. The Hall–Kier alpha value is -3.05. The maximum atomic E-state index is 6.84. The van der Waals surface area contributed by atoms with E-state index in [1.807, 2.05) is 24.1 Å². The molecule has 2 heterocycles. The summed E-state index contributed by atoms with van der Waals surface area (Å²) in [5.74, 6) is 0.287. The van der Waals surface area contributed by atoms with Crippen molar-refractivity contribution in [2.45, 2.75) is 31.0 Å². The van der Waals surface area contributed by atoms with Crippen molar-refractivity contribution in [2.75, 3.05) is 10.6 Å². The van der Waals surface area contributed by atoms with Crippen LogP contribution >= 0.6 is 0 Å². The molecule has 3 aromatic rings. The van der Waals surface area contributed by atoms with Crippen molar-refractivity contribution >= 4 is 17.5 Å². The fourth-order valence-corrected chi connectivity index (χ4v) is 4.43. The molecule has 2 aromatic carbocycles. The number of nitrogens with one attached hydrogen (secondary N) is 2. The molecule has 0 fully saturated rings. The summed E-state index contributed by atoms with van der Waals surface area (Å²) < 4.78 is 1.96. The van der Waals surface area contributed by atoms with Gasteiger partial charge in [-0.2, -0.15) is 0 Å². The highest BCUT2D eigenvalue weighted by atomic mass is 15.1. The summed E-state index contributed by atoms with van der Waals surface area (Å²) in [7, 11) is 1.98. The molecule has 0 spiro atoms. The van der Waals surface area contributed by atoms with E-state index in [0.29, 0.717) is 6.54 Å². The Balaban J connectivity index is 1.35. The van der Waals surface area contributed by atoms with Crippen LogP contribution in [0.5, 0.6) is 0 Å².